The summed E-state index contributed by atoms with van der Waals surface area (Å²) in [6.07, 6.45) is 6.08. The molecule has 0 aromatic carbocycles. The van der Waals surface area contributed by atoms with Crippen molar-refractivity contribution < 1.29 is 14.3 Å². The van der Waals surface area contributed by atoms with Crippen molar-refractivity contribution in [2.75, 3.05) is 6.61 Å². The van der Waals surface area contributed by atoms with Crippen LogP contribution in [-0.4, -0.2) is 23.7 Å². The van der Waals surface area contributed by atoms with Crippen molar-refractivity contribution in [2.24, 2.45) is 5.92 Å². The minimum atomic E-state index is -0.362. The zero-order valence-electron chi connectivity index (χ0n) is 9.59. The minimum absolute atomic E-state index is 0.0980. The van der Waals surface area contributed by atoms with Gasteiger partial charge in [-0.2, -0.15) is 0 Å². The first kappa shape index (κ1) is 10.6. The van der Waals surface area contributed by atoms with Crippen molar-refractivity contribution in [1.29, 1.82) is 0 Å². The second-order valence-corrected chi connectivity index (χ2v) is 4.71. The van der Waals surface area contributed by atoms with Gasteiger partial charge in [0.05, 0.1) is 6.61 Å². The summed E-state index contributed by atoms with van der Waals surface area (Å²) in [6.45, 7) is 0.676. The van der Waals surface area contributed by atoms with Gasteiger partial charge in [0.2, 0.25) is 0 Å². The molecule has 2 saturated carbocycles. The van der Waals surface area contributed by atoms with E-state index in [4.69, 9.17) is 9.47 Å². The Balaban J connectivity index is 1.68. The van der Waals surface area contributed by atoms with Crippen LogP contribution >= 0.6 is 0 Å². The van der Waals surface area contributed by atoms with Crippen LogP contribution in [0.1, 0.15) is 36.2 Å². The lowest BCUT2D eigenvalue weighted by Crippen LogP contribution is -2.12. The lowest BCUT2D eigenvalue weighted by atomic mass is 10.3. The van der Waals surface area contributed by atoms with Crippen LogP contribution in [-0.2, 0) is 4.74 Å². The number of carbonyl (C=O) groups is 1. The quantitative estimate of drug-likeness (QED) is 0.731. The maximum Gasteiger partial charge on any atom is 0.361 e. The Morgan fingerprint density at radius 2 is 2.18 bits per heavy atom. The predicted octanol–water partition coefficient (Wildman–Crippen LogP) is 2.19. The number of aromatic nitrogens is 1. The molecule has 0 bridgehead atoms. The normalized spacial score (nSPS) is 18.8. The molecule has 0 spiro atoms. The molecule has 0 N–H and O–H groups in total. The second-order valence-electron chi connectivity index (χ2n) is 4.71. The van der Waals surface area contributed by atoms with E-state index in [2.05, 4.69) is 4.98 Å². The van der Waals surface area contributed by atoms with E-state index in [0.29, 0.717) is 24.0 Å². The lowest BCUT2D eigenvalue weighted by molar-refractivity contribution is 0.0460. The molecular formula is C13H15NO3. The smallest absolute Gasteiger partial charge is 0.361 e. The van der Waals surface area contributed by atoms with E-state index in [1.807, 2.05) is 0 Å². The number of pyridine rings is 1. The highest BCUT2D eigenvalue weighted by Gasteiger charge is 2.29. The van der Waals surface area contributed by atoms with Crippen LogP contribution in [0.3, 0.4) is 0 Å². The number of esters is 1. The molecule has 4 nitrogen and oxygen atoms in total. The third-order valence-corrected chi connectivity index (χ3v) is 2.93. The Kier molecular flexibility index (Phi) is 2.71. The van der Waals surface area contributed by atoms with Crippen LogP contribution in [0.5, 0.6) is 5.75 Å². The highest BCUT2D eigenvalue weighted by atomic mass is 16.6. The van der Waals surface area contributed by atoms with Gasteiger partial charge in [-0.1, -0.05) is 0 Å². The Bertz CT molecular complexity index is 424. The number of nitrogens with zero attached hydrogens (tertiary/aromatic N) is 1. The van der Waals surface area contributed by atoms with Crippen molar-refractivity contribution in [3.63, 3.8) is 0 Å². The summed E-state index contributed by atoms with van der Waals surface area (Å²) in [7, 11) is 0. The zero-order valence-corrected chi connectivity index (χ0v) is 9.59. The van der Waals surface area contributed by atoms with E-state index < -0.39 is 0 Å². The Labute approximate surface area is 99.9 Å². The van der Waals surface area contributed by atoms with Crippen LogP contribution in [0.25, 0.3) is 0 Å². The maximum atomic E-state index is 11.8. The third kappa shape index (κ3) is 2.75. The average Bonchev–Trinajstić information content (AvgIpc) is 3.21. The maximum absolute atomic E-state index is 11.8. The van der Waals surface area contributed by atoms with Crippen molar-refractivity contribution in [3.05, 3.63) is 24.0 Å². The van der Waals surface area contributed by atoms with Crippen LogP contribution in [0.2, 0.25) is 0 Å². The van der Waals surface area contributed by atoms with Crippen LogP contribution in [0.15, 0.2) is 18.3 Å². The monoisotopic (exact) mass is 233 g/mol. The molecule has 90 valence electrons. The van der Waals surface area contributed by atoms with Gasteiger partial charge < -0.3 is 9.47 Å². The van der Waals surface area contributed by atoms with E-state index in [9.17, 15) is 4.79 Å². The van der Waals surface area contributed by atoms with Gasteiger partial charge in [0, 0.05) is 6.20 Å². The third-order valence-electron chi connectivity index (χ3n) is 2.93. The fraction of sp³-hybridized carbons (Fsp3) is 0.538. The summed E-state index contributed by atoms with van der Waals surface area (Å²) in [5, 5.41) is 0. The summed E-state index contributed by atoms with van der Waals surface area (Å²) >= 11 is 0. The molecule has 0 saturated heterocycles. The van der Waals surface area contributed by atoms with E-state index in [0.717, 1.165) is 12.8 Å². The van der Waals surface area contributed by atoms with Gasteiger partial charge in [0.1, 0.15) is 6.10 Å². The SMILES string of the molecule is O=C(OC1CC1)c1ncccc1OCC1CC1. The summed E-state index contributed by atoms with van der Waals surface area (Å²) < 4.78 is 10.8. The number of hydrogen-bond acceptors (Lipinski definition) is 4. The first-order chi connectivity index (χ1) is 8.33. The fourth-order valence-electron chi connectivity index (χ4n) is 1.55. The minimum Gasteiger partial charge on any atom is -0.491 e. The Morgan fingerprint density at radius 1 is 1.35 bits per heavy atom. The van der Waals surface area contributed by atoms with Gasteiger partial charge in [-0.05, 0) is 43.7 Å². The lowest BCUT2D eigenvalue weighted by Gasteiger charge is -2.09. The van der Waals surface area contributed by atoms with Gasteiger partial charge in [-0.15, -0.1) is 0 Å². The Hall–Kier alpha value is -1.58. The second kappa shape index (κ2) is 4.35. The van der Waals surface area contributed by atoms with Gasteiger partial charge >= 0.3 is 5.97 Å². The molecule has 1 aromatic heterocycles. The molecule has 2 aliphatic carbocycles. The number of hydrogen-bond donors (Lipinski definition) is 0. The fourth-order valence-corrected chi connectivity index (χ4v) is 1.55. The summed E-state index contributed by atoms with van der Waals surface area (Å²) in [5.74, 6) is 0.839. The topological polar surface area (TPSA) is 48.4 Å². The predicted molar refractivity (Wildman–Crippen MR) is 60.9 cm³/mol. The van der Waals surface area contributed by atoms with E-state index in [1.54, 1.807) is 18.3 Å². The van der Waals surface area contributed by atoms with Crippen LogP contribution in [0.4, 0.5) is 0 Å². The molecule has 1 aromatic rings. The standard InChI is InChI=1S/C13H15NO3/c15-13(17-10-5-6-10)12-11(2-1-7-14-12)16-8-9-3-4-9/h1-2,7,9-10H,3-6,8H2. The largest absolute Gasteiger partial charge is 0.491 e. The first-order valence-electron chi connectivity index (χ1n) is 6.12. The molecule has 2 fully saturated rings. The first-order valence-corrected chi connectivity index (χ1v) is 6.12. The average molecular weight is 233 g/mol. The molecule has 4 heteroatoms. The summed E-state index contributed by atoms with van der Waals surface area (Å²) in [5.41, 5.74) is 0.306. The molecule has 0 unspecified atom stereocenters. The zero-order chi connectivity index (χ0) is 11.7. The van der Waals surface area contributed by atoms with Crippen molar-refractivity contribution in [1.82, 2.24) is 4.98 Å². The molecule has 0 radical (unpaired) electrons. The molecule has 2 aliphatic rings. The summed E-state index contributed by atoms with van der Waals surface area (Å²) in [6, 6.07) is 3.55. The molecular weight excluding hydrogens is 218 g/mol. The van der Waals surface area contributed by atoms with Crippen molar-refractivity contribution in [3.8, 4) is 5.75 Å². The van der Waals surface area contributed by atoms with Crippen molar-refractivity contribution in [2.45, 2.75) is 31.8 Å². The van der Waals surface area contributed by atoms with Gasteiger partial charge in [-0.3, -0.25) is 0 Å². The highest BCUT2D eigenvalue weighted by molar-refractivity contribution is 5.90. The molecule has 1 heterocycles. The number of ether oxygens (including phenoxy) is 2. The van der Waals surface area contributed by atoms with Gasteiger partial charge in [-0.25, -0.2) is 9.78 Å². The molecule has 0 aliphatic heterocycles. The molecule has 17 heavy (non-hydrogen) atoms. The summed E-state index contributed by atoms with van der Waals surface area (Å²) in [4.78, 5) is 15.9. The van der Waals surface area contributed by atoms with Crippen LogP contribution < -0.4 is 4.74 Å². The molecule has 0 atom stereocenters. The van der Waals surface area contributed by atoms with Crippen molar-refractivity contribution >= 4 is 5.97 Å². The van der Waals surface area contributed by atoms with Crippen LogP contribution in [0, 0.1) is 5.92 Å². The number of carbonyl (C=O) groups excluding carboxylic acids is 1. The molecule has 0 amide bonds. The van der Waals surface area contributed by atoms with Gasteiger partial charge in [0.25, 0.3) is 0 Å². The highest BCUT2D eigenvalue weighted by Crippen LogP contribution is 2.31. The number of rotatable bonds is 5. The van der Waals surface area contributed by atoms with E-state index >= 15 is 0 Å². The van der Waals surface area contributed by atoms with E-state index in [-0.39, 0.29) is 12.1 Å². The molecule has 3 rings (SSSR count). The van der Waals surface area contributed by atoms with Gasteiger partial charge in [0.15, 0.2) is 11.4 Å². The Morgan fingerprint density at radius 3 is 2.88 bits per heavy atom. The van der Waals surface area contributed by atoms with E-state index in [1.165, 1.54) is 12.8 Å².